The first kappa shape index (κ1) is 13.7. The Labute approximate surface area is 119 Å². The fraction of sp³-hybridized carbons (Fsp3) is 0.176. The molecule has 0 fully saturated rings. The summed E-state index contributed by atoms with van der Waals surface area (Å²) in [5, 5.41) is 0. The second-order valence-corrected chi connectivity index (χ2v) is 5.36. The number of hydrogen-bond donors (Lipinski definition) is 1. The summed E-state index contributed by atoms with van der Waals surface area (Å²) in [6.45, 7) is 2.52. The van der Waals surface area contributed by atoms with Crippen LogP contribution in [0.5, 0.6) is 0 Å². The van der Waals surface area contributed by atoms with Crippen LogP contribution in [0.1, 0.15) is 16.7 Å². The number of benzene rings is 2. The van der Waals surface area contributed by atoms with Gasteiger partial charge in [0.1, 0.15) is 0 Å². The van der Waals surface area contributed by atoms with E-state index in [4.69, 9.17) is 5.73 Å². The van der Waals surface area contributed by atoms with Crippen LogP contribution in [-0.2, 0) is 5.75 Å². The van der Waals surface area contributed by atoms with Crippen LogP contribution in [0.2, 0.25) is 0 Å². The smallest absolute Gasteiger partial charge is 0.0555 e. The molecule has 0 atom stereocenters. The molecule has 0 amide bonds. The first-order valence-corrected chi connectivity index (χ1v) is 7.24. The molecule has 2 heteroatoms. The van der Waals surface area contributed by atoms with E-state index in [2.05, 4.69) is 55.2 Å². The van der Waals surface area contributed by atoms with Crippen LogP contribution in [-0.4, -0.2) is 6.54 Å². The molecule has 0 bridgehead atoms. The van der Waals surface area contributed by atoms with Gasteiger partial charge in [-0.3, -0.25) is 0 Å². The third-order valence-corrected chi connectivity index (χ3v) is 3.72. The van der Waals surface area contributed by atoms with E-state index in [1.165, 1.54) is 16.0 Å². The molecule has 0 saturated heterocycles. The summed E-state index contributed by atoms with van der Waals surface area (Å²) in [5.74, 6) is 6.91. The average Bonchev–Trinajstić information content (AvgIpc) is 2.43. The predicted molar refractivity (Wildman–Crippen MR) is 83.1 cm³/mol. The Hall–Kier alpha value is -1.69. The van der Waals surface area contributed by atoms with Gasteiger partial charge in [0.2, 0.25) is 0 Å². The van der Waals surface area contributed by atoms with Crippen LogP contribution in [0.3, 0.4) is 0 Å². The lowest BCUT2D eigenvalue weighted by Gasteiger charge is -2.03. The minimum Gasteiger partial charge on any atom is -0.320 e. The second kappa shape index (κ2) is 7.04. The normalized spacial score (nSPS) is 9.79. The zero-order valence-electron chi connectivity index (χ0n) is 11.0. The molecule has 0 spiro atoms. The van der Waals surface area contributed by atoms with Gasteiger partial charge in [0, 0.05) is 16.2 Å². The minimum atomic E-state index is 0.405. The van der Waals surface area contributed by atoms with Crippen molar-refractivity contribution in [1.82, 2.24) is 0 Å². The van der Waals surface area contributed by atoms with Gasteiger partial charge in [0.15, 0.2) is 0 Å². The first-order chi connectivity index (χ1) is 9.28. The van der Waals surface area contributed by atoms with E-state index >= 15 is 0 Å². The number of thioether (sulfide) groups is 1. The van der Waals surface area contributed by atoms with Crippen molar-refractivity contribution in [2.75, 3.05) is 6.54 Å². The molecule has 0 aromatic heterocycles. The topological polar surface area (TPSA) is 26.0 Å². The third kappa shape index (κ3) is 4.48. The van der Waals surface area contributed by atoms with Crippen molar-refractivity contribution in [1.29, 1.82) is 0 Å². The van der Waals surface area contributed by atoms with E-state index in [1.54, 1.807) is 0 Å². The Balaban J connectivity index is 2.03. The largest absolute Gasteiger partial charge is 0.320 e. The predicted octanol–water partition coefficient (Wildman–Crippen LogP) is 3.60. The Morgan fingerprint density at radius 1 is 1.11 bits per heavy atom. The highest BCUT2D eigenvalue weighted by Gasteiger charge is 1.97. The summed E-state index contributed by atoms with van der Waals surface area (Å²) in [6.07, 6.45) is 0. The molecule has 0 radical (unpaired) electrons. The SMILES string of the molecule is Cc1cccc(SCc2cccc(C#CCN)c2)c1. The fourth-order valence-electron chi connectivity index (χ4n) is 1.76. The highest BCUT2D eigenvalue weighted by Crippen LogP contribution is 2.23. The Morgan fingerprint density at radius 3 is 2.74 bits per heavy atom. The van der Waals surface area contributed by atoms with Crippen molar-refractivity contribution in [3.8, 4) is 11.8 Å². The average molecular weight is 267 g/mol. The fourth-order valence-corrected chi connectivity index (χ4v) is 2.72. The van der Waals surface area contributed by atoms with Crippen molar-refractivity contribution in [3.05, 3.63) is 65.2 Å². The van der Waals surface area contributed by atoms with E-state index in [9.17, 15) is 0 Å². The third-order valence-electron chi connectivity index (χ3n) is 2.66. The van der Waals surface area contributed by atoms with Crippen LogP contribution in [0.4, 0.5) is 0 Å². The van der Waals surface area contributed by atoms with Gasteiger partial charge in [0.25, 0.3) is 0 Å². The molecular weight excluding hydrogens is 250 g/mol. The van der Waals surface area contributed by atoms with Crippen molar-refractivity contribution in [3.63, 3.8) is 0 Å². The molecule has 0 unspecified atom stereocenters. The lowest BCUT2D eigenvalue weighted by molar-refractivity contribution is 1.30. The number of nitrogens with two attached hydrogens (primary N) is 1. The first-order valence-electron chi connectivity index (χ1n) is 6.25. The van der Waals surface area contributed by atoms with Crippen molar-refractivity contribution in [2.24, 2.45) is 5.73 Å². The summed E-state index contributed by atoms with van der Waals surface area (Å²) in [7, 11) is 0. The quantitative estimate of drug-likeness (QED) is 0.679. The lowest BCUT2D eigenvalue weighted by atomic mass is 10.1. The molecule has 19 heavy (non-hydrogen) atoms. The van der Waals surface area contributed by atoms with Gasteiger partial charge in [-0.2, -0.15) is 0 Å². The zero-order valence-corrected chi connectivity index (χ0v) is 11.8. The van der Waals surface area contributed by atoms with Gasteiger partial charge in [-0.1, -0.05) is 41.7 Å². The van der Waals surface area contributed by atoms with E-state index < -0.39 is 0 Å². The summed E-state index contributed by atoms with van der Waals surface area (Å²) < 4.78 is 0. The van der Waals surface area contributed by atoms with E-state index in [0.29, 0.717) is 6.54 Å². The van der Waals surface area contributed by atoms with Gasteiger partial charge < -0.3 is 5.73 Å². The maximum Gasteiger partial charge on any atom is 0.0555 e. The van der Waals surface area contributed by atoms with Crippen LogP contribution >= 0.6 is 11.8 Å². The zero-order chi connectivity index (χ0) is 13.5. The Morgan fingerprint density at radius 2 is 1.95 bits per heavy atom. The maximum atomic E-state index is 5.39. The molecule has 0 aliphatic carbocycles. The molecule has 0 aliphatic rings. The minimum absolute atomic E-state index is 0.405. The van der Waals surface area contributed by atoms with Gasteiger partial charge in [0.05, 0.1) is 6.54 Å². The molecular formula is C17H17NS. The molecule has 2 aromatic rings. The Bertz CT molecular complexity index is 608. The Kier molecular flexibility index (Phi) is 5.09. The summed E-state index contributed by atoms with van der Waals surface area (Å²) >= 11 is 1.85. The van der Waals surface area contributed by atoms with Gasteiger partial charge >= 0.3 is 0 Å². The van der Waals surface area contributed by atoms with E-state index in [0.717, 1.165) is 11.3 Å². The van der Waals surface area contributed by atoms with Gasteiger partial charge in [-0.05, 0) is 36.8 Å². The van der Waals surface area contributed by atoms with Crippen LogP contribution in [0.15, 0.2) is 53.4 Å². The monoisotopic (exact) mass is 267 g/mol. The molecule has 96 valence electrons. The van der Waals surface area contributed by atoms with Gasteiger partial charge in [-0.15, -0.1) is 11.8 Å². The highest BCUT2D eigenvalue weighted by atomic mass is 32.2. The summed E-state index contributed by atoms with van der Waals surface area (Å²) in [6, 6.07) is 16.9. The van der Waals surface area contributed by atoms with E-state index in [-0.39, 0.29) is 0 Å². The molecule has 0 saturated carbocycles. The van der Waals surface area contributed by atoms with Crippen LogP contribution < -0.4 is 5.73 Å². The van der Waals surface area contributed by atoms with E-state index in [1.807, 2.05) is 23.9 Å². The molecule has 1 nitrogen and oxygen atoms in total. The molecule has 2 aromatic carbocycles. The summed E-state index contributed by atoms with van der Waals surface area (Å²) in [4.78, 5) is 1.30. The van der Waals surface area contributed by atoms with Crippen LogP contribution in [0, 0.1) is 18.8 Å². The second-order valence-electron chi connectivity index (χ2n) is 4.31. The van der Waals surface area contributed by atoms with Crippen LogP contribution in [0.25, 0.3) is 0 Å². The van der Waals surface area contributed by atoms with Crippen molar-refractivity contribution >= 4 is 11.8 Å². The van der Waals surface area contributed by atoms with Crippen molar-refractivity contribution in [2.45, 2.75) is 17.6 Å². The highest BCUT2D eigenvalue weighted by molar-refractivity contribution is 7.98. The number of aryl methyl sites for hydroxylation is 1. The van der Waals surface area contributed by atoms with Crippen molar-refractivity contribution < 1.29 is 0 Å². The number of rotatable bonds is 3. The van der Waals surface area contributed by atoms with Gasteiger partial charge in [-0.25, -0.2) is 0 Å². The maximum absolute atomic E-state index is 5.39. The number of hydrogen-bond acceptors (Lipinski definition) is 2. The molecule has 0 aliphatic heterocycles. The lowest BCUT2D eigenvalue weighted by Crippen LogP contribution is -1.93. The molecule has 2 N–H and O–H groups in total. The molecule has 2 rings (SSSR count). The standard InChI is InChI=1S/C17H17NS/c1-14-5-2-9-17(11-14)19-13-16-7-3-6-15(12-16)8-4-10-18/h2-3,5-7,9,11-12H,10,13,18H2,1H3. The molecule has 0 heterocycles. The summed E-state index contributed by atoms with van der Waals surface area (Å²) in [5.41, 5.74) is 9.01.